The summed E-state index contributed by atoms with van der Waals surface area (Å²) >= 11 is 0. The maximum atomic E-state index is 10.5. The highest BCUT2D eigenvalue weighted by atomic mass is 16.6. The molecule has 0 radical (unpaired) electrons. The standard InChI is InChI=1S/C14H13NO2/c1-11-2-4-12(5-3-11)10-13-6-8-14(9-7-13)15(16)17/h2-9H,10H2,1H3. The van der Waals surface area contributed by atoms with E-state index < -0.39 is 0 Å². The van der Waals surface area contributed by atoms with Gasteiger partial charge < -0.3 is 0 Å². The van der Waals surface area contributed by atoms with Gasteiger partial charge in [-0.3, -0.25) is 10.1 Å². The molecule has 0 aliphatic rings. The molecule has 0 unspecified atom stereocenters. The van der Waals surface area contributed by atoms with Gasteiger partial charge in [-0.25, -0.2) is 0 Å². The largest absolute Gasteiger partial charge is 0.269 e. The van der Waals surface area contributed by atoms with Gasteiger partial charge in [-0.05, 0) is 24.5 Å². The Morgan fingerprint density at radius 1 is 0.941 bits per heavy atom. The van der Waals surface area contributed by atoms with E-state index in [0.717, 1.165) is 12.0 Å². The zero-order valence-electron chi connectivity index (χ0n) is 9.59. The van der Waals surface area contributed by atoms with Crippen molar-refractivity contribution < 1.29 is 4.92 Å². The smallest absolute Gasteiger partial charge is 0.258 e. The Bertz CT molecular complexity index is 515. The van der Waals surface area contributed by atoms with Gasteiger partial charge in [-0.2, -0.15) is 0 Å². The number of benzene rings is 2. The molecule has 3 heteroatoms. The lowest BCUT2D eigenvalue weighted by Gasteiger charge is -2.02. The van der Waals surface area contributed by atoms with Crippen molar-refractivity contribution in [3.63, 3.8) is 0 Å². The number of hydrogen-bond acceptors (Lipinski definition) is 2. The fourth-order valence-electron chi connectivity index (χ4n) is 1.68. The second-order valence-corrected chi connectivity index (χ2v) is 4.09. The first-order valence-electron chi connectivity index (χ1n) is 5.44. The first kappa shape index (κ1) is 11.3. The van der Waals surface area contributed by atoms with E-state index in [1.807, 2.05) is 0 Å². The monoisotopic (exact) mass is 227 g/mol. The Labute approximate surface area is 99.9 Å². The van der Waals surface area contributed by atoms with E-state index in [1.54, 1.807) is 24.3 Å². The molecule has 0 heterocycles. The molecule has 0 saturated carbocycles. The molecule has 0 spiro atoms. The van der Waals surface area contributed by atoms with Crippen LogP contribution < -0.4 is 0 Å². The molecule has 0 atom stereocenters. The molecular weight excluding hydrogens is 214 g/mol. The third-order valence-electron chi connectivity index (χ3n) is 2.68. The number of rotatable bonds is 3. The summed E-state index contributed by atoms with van der Waals surface area (Å²) in [7, 11) is 0. The van der Waals surface area contributed by atoms with Crippen LogP contribution in [0.15, 0.2) is 48.5 Å². The van der Waals surface area contributed by atoms with E-state index >= 15 is 0 Å². The molecule has 0 aliphatic heterocycles. The Kier molecular flexibility index (Phi) is 3.19. The van der Waals surface area contributed by atoms with Crippen molar-refractivity contribution in [3.05, 3.63) is 75.3 Å². The SMILES string of the molecule is Cc1ccc(Cc2ccc([N+](=O)[O-])cc2)cc1. The van der Waals surface area contributed by atoms with E-state index in [0.29, 0.717) is 0 Å². The topological polar surface area (TPSA) is 43.1 Å². The van der Waals surface area contributed by atoms with E-state index in [2.05, 4.69) is 31.2 Å². The minimum Gasteiger partial charge on any atom is -0.258 e. The molecular formula is C14H13NO2. The summed E-state index contributed by atoms with van der Waals surface area (Å²) in [5, 5.41) is 10.5. The molecule has 2 aromatic carbocycles. The molecule has 0 saturated heterocycles. The van der Waals surface area contributed by atoms with Crippen LogP contribution >= 0.6 is 0 Å². The second-order valence-electron chi connectivity index (χ2n) is 4.09. The maximum absolute atomic E-state index is 10.5. The molecule has 86 valence electrons. The first-order chi connectivity index (χ1) is 8.15. The Morgan fingerprint density at radius 3 is 1.88 bits per heavy atom. The van der Waals surface area contributed by atoms with Crippen LogP contribution in [0.1, 0.15) is 16.7 Å². The van der Waals surface area contributed by atoms with Gasteiger partial charge in [0.1, 0.15) is 0 Å². The van der Waals surface area contributed by atoms with Gasteiger partial charge in [0.2, 0.25) is 0 Å². The summed E-state index contributed by atoms with van der Waals surface area (Å²) in [6.45, 7) is 2.05. The molecule has 3 nitrogen and oxygen atoms in total. The van der Waals surface area contributed by atoms with Crippen molar-refractivity contribution in [2.24, 2.45) is 0 Å². The lowest BCUT2D eigenvalue weighted by molar-refractivity contribution is -0.384. The van der Waals surface area contributed by atoms with Gasteiger partial charge in [0.15, 0.2) is 0 Å². The Balaban J connectivity index is 2.13. The van der Waals surface area contributed by atoms with Crippen LogP contribution in [0.4, 0.5) is 5.69 Å². The Morgan fingerprint density at radius 2 is 1.41 bits per heavy atom. The summed E-state index contributed by atoms with van der Waals surface area (Å²) in [6, 6.07) is 15.0. The van der Waals surface area contributed by atoms with Crippen molar-refractivity contribution in [1.82, 2.24) is 0 Å². The lowest BCUT2D eigenvalue weighted by atomic mass is 10.0. The zero-order valence-corrected chi connectivity index (χ0v) is 9.59. The van der Waals surface area contributed by atoms with Gasteiger partial charge in [0.05, 0.1) is 4.92 Å². The maximum Gasteiger partial charge on any atom is 0.269 e. The van der Waals surface area contributed by atoms with E-state index in [4.69, 9.17) is 0 Å². The normalized spacial score (nSPS) is 10.2. The number of non-ortho nitro benzene ring substituents is 1. The van der Waals surface area contributed by atoms with Crippen molar-refractivity contribution in [2.45, 2.75) is 13.3 Å². The number of aryl methyl sites for hydroxylation is 1. The number of nitro groups is 1. The van der Waals surface area contributed by atoms with E-state index in [1.165, 1.54) is 11.1 Å². The third kappa shape index (κ3) is 2.91. The molecule has 0 aliphatic carbocycles. The van der Waals surface area contributed by atoms with Crippen molar-refractivity contribution in [2.75, 3.05) is 0 Å². The summed E-state index contributed by atoms with van der Waals surface area (Å²) in [4.78, 5) is 10.1. The van der Waals surface area contributed by atoms with Crippen molar-refractivity contribution in [3.8, 4) is 0 Å². The summed E-state index contributed by atoms with van der Waals surface area (Å²) in [6.07, 6.45) is 0.804. The fourth-order valence-corrected chi connectivity index (χ4v) is 1.68. The van der Waals surface area contributed by atoms with Gasteiger partial charge in [-0.15, -0.1) is 0 Å². The van der Waals surface area contributed by atoms with Crippen molar-refractivity contribution >= 4 is 5.69 Å². The number of hydrogen-bond donors (Lipinski definition) is 0. The highest BCUT2D eigenvalue weighted by Crippen LogP contribution is 2.15. The van der Waals surface area contributed by atoms with E-state index in [-0.39, 0.29) is 10.6 Å². The highest BCUT2D eigenvalue weighted by Gasteiger charge is 2.04. The van der Waals surface area contributed by atoms with Gasteiger partial charge >= 0.3 is 0 Å². The first-order valence-corrected chi connectivity index (χ1v) is 5.44. The van der Waals surface area contributed by atoms with Gasteiger partial charge in [0, 0.05) is 12.1 Å². The minimum absolute atomic E-state index is 0.137. The quantitative estimate of drug-likeness (QED) is 0.595. The van der Waals surface area contributed by atoms with Crippen LogP contribution in [0.2, 0.25) is 0 Å². The Hall–Kier alpha value is -2.16. The summed E-state index contributed by atoms with van der Waals surface area (Å²) in [5.41, 5.74) is 3.67. The minimum atomic E-state index is -0.379. The van der Waals surface area contributed by atoms with Crippen LogP contribution in [0.3, 0.4) is 0 Å². The van der Waals surface area contributed by atoms with Gasteiger partial charge in [0.25, 0.3) is 5.69 Å². The van der Waals surface area contributed by atoms with Crippen LogP contribution in [0, 0.1) is 17.0 Å². The number of nitrogens with zero attached hydrogens (tertiary/aromatic N) is 1. The predicted molar refractivity (Wildman–Crippen MR) is 67.1 cm³/mol. The highest BCUT2D eigenvalue weighted by molar-refractivity contribution is 5.35. The molecule has 2 aromatic rings. The molecule has 2 rings (SSSR count). The third-order valence-corrected chi connectivity index (χ3v) is 2.68. The summed E-state index contributed by atoms with van der Waals surface area (Å²) in [5.74, 6) is 0. The van der Waals surface area contributed by atoms with Crippen molar-refractivity contribution in [1.29, 1.82) is 0 Å². The van der Waals surface area contributed by atoms with Crippen LogP contribution in [0.25, 0.3) is 0 Å². The average molecular weight is 227 g/mol. The van der Waals surface area contributed by atoms with E-state index in [9.17, 15) is 10.1 Å². The molecule has 0 amide bonds. The average Bonchev–Trinajstić information content (AvgIpc) is 2.33. The molecule has 0 fully saturated rings. The van der Waals surface area contributed by atoms with Crippen LogP contribution in [-0.4, -0.2) is 4.92 Å². The zero-order chi connectivity index (χ0) is 12.3. The molecule has 0 aromatic heterocycles. The fraction of sp³-hybridized carbons (Fsp3) is 0.143. The summed E-state index contributed by atoms with van der Waals surface area (Å²) < 4.78 is 0. The van der Waals surface area contributed by atoms with Crippen LogP contribution in [0.5, 0.6) is 0 Å². The predicted octanol–water partition coefficient (Wildman–Crippen LogP) is 3.49. The second kappa shape index (κ2) is 4.78. The lowest BCUT2D eigenvalue weighted by Crippen LogP contribution is -1.91. The van der Waals surface area contributed by atoms with Crippen LogP contribution in [-0.2, 0) is 6.42 Å². The number of nitro benzene ring substituents is 1. The molecule has 17 heavy (non-hydrogen) atoms. The van der Waals surface area contributed by atoms with Gasteiger partial charge in [-0.1, -0.05) is 42.0 Å². The molecule has 0 N–H and O–H groups in total. The molecule has 0 bridgehead atoms.